The maximum absolute atomic E-state index is 6.11. The van der Waals surface area contributed by atoms with Crippen LogP contribution in [-0.4, -0.2) is 25.2 Å². The van der Waals surface area contributed by atoms with Crippen LogP contribution < -0.4 is 5.73 Å². The fourth-order valence-electron chi connectivity index (χ4n) is 2.22. The standard InChI is InChI=1S/C14H16ClN5/c1-2-11(16)7-12-14(20-9-10(15)8-17-20)18-13-5-3-4-6-19(12)13/h3-6,8-9,11H,2,7,16H2,1H3. The molecular weight excluding hydrogens is 274 g/mol. The molecule has 3 rings (SSSR count). The van der Waals surface area contributed by atoms with Gasteiger partial charge in [-0.2, -0.15) is 5.10 Å². The number of aromatic nitrogens is 4. The van der Waals surface area contributed by atoms with Crippen molar-refractivity contribution in [1.82, 2.24) is 19.2 Å². The molecule has 0 aliphatic carbocycles. The Balaban J connectivity index is 2.17. The Morgan fingerprint density at radius 2 is 2.25 bits per heavy atom. The van der Waals surface area contributed by atoms with Gasteiger partial charge in [0.25, 0.3) is 0 Å². The van der Waals surface area contributed by atoms with E-state index in [0.29, 0.717) is 5.02 Å². The molecule has 0 saturated carbocycles. The van der Waals surface area contributed by atoms with Crippen LogP contribution in [0.4, 0.5) is 0 Å². The minimum absolute atomic E-state index is 0.0971. The maximum atomic E-state index is 6.11. The molecule has 0 radical (unpaired) electrons. The predicted octanol–water partition coefficient (Wildman–Crippen LogP) is 2.45. The van der Waals surface area contributed by atoms with Gasteiger partial charge in [-0.05, 0) is 18.6 Å². The summed E-state index contributed by atoms with van der Waals surface area (Å²) in [4.78, 5) is 4.63. The van der Waals surface area contributed by atoms with Gasteiger partial charge in [0.05, 0.1) is 23.1 Å². The van der Waals surface area contributed by atoms with Crippen molar-refractivity contribution in [3.8, 4) is 5.82 Å². The lowest BCUT2D eigenvalue weighted by atomic mass is 10.1. The second kappa shape index (κ2) is 5.26. The average molecular weight is 290 g/mol. The normalized spacial score (nSPS) is 12.9. The summed E-state index contributed by atoms with van der Waals surface area (Å²) in [5, 5.41) is 4.83. The van der Waals surface area contributed by atoms with Crippen molar-refractivity contribution in [2.75, 3.05) is 0 Å². The third-order valence-corrected chi connectivity index (χ3v) is 3.55. The molecule has 3 heterocycles. The SMILES string of the molecule is CCC(N)Cc1c(-n2cc(Cl)cn2)nc2ccccn12. The average Bonchev–Trinajstić information content (AvgIpc) is 3.03. The van der Waals surface area contributed by atoms with E-state index in [1.165, 1.54) is 0 Å². The van der Waals surface area contributed by atoms with Gasteiger partial charge in [-0.1, -0.05) is 24.6 Å². The van der Waals surface area contributed by atoms with Crippen molar-refractivity contribution in [3.05, 3.63) is 47.5 Å². The molecule has 0 aliphatic rings. The Bertz CT molecular complexity index is 730. The first-order valence-corrected chi connectivity index (χ1v) is 6.99. The highest BCUT2D eigenvalue weighted by molar-refractivity contribution is 6.30. The minimum atomic E-state index is 0.0971. The molecule has 1 atom stereocenters. The van der Waals surface area contributed by atoms with Gasteiger partial charge in [-0.3, -0.25) is 0 Å². The smallest absolute Gasteiger partial charge is 0.175 e. The number of hydrogen-bond acceptors (Lipinski definition) is 3. The van der Waals surface area contributed by atoms with Gasteiger partial charge in [-0.15, -0.1) is 0 Å². The van der Waals surface area contributed by atoms with Gasteiger partial charge >= 0.3 is 0 Å². The predicted molar refractivity (Wildman–Crippen MR) is 79.3 cm³/mol. The minimum Gasteiger partial charge on any atom is -0.327 e. The summed E-state index contributed by atoms with van der Waals surface area (Å²) >= 11 is 5.95. The monoisotopic (exact) mass is 289 g/mol. The first-order chi connectivity index (χ1) is 9.69. The van der Waals surface area contributed by atoms with E-state index in [2.05, 4.69) is 21.4 Å². The molecule has 0 bridgehead atoms. The number of rotatable bonds is 4. The van der Waals surface area contributed by atoms with Gasteiger partial charge < -0.3 is 10.1 Å². The molecule has 104 valence electrons. The van der Waals surface area contributed by atoms with Crippen molar-refractivity contribution in [2.24, 2.45) is 5.73 Å². The van der Waals surface area contributed by atoms with Crippen molar-refractivity contribution in [1.29, 1.82) is 0 Å². The number of pyridine rings is 1. The summed E-state index contributed by atoms with van der Waals surface area (Å²) in [5.41, 5.74) is 8.04. The van der Waals surface area contributed by atoms with Gasteiger partial charge in [-0.25, -0.2) is 9.67 Å². The zero-order valence-electron chi connectivity index (χ0n) is 11.2. The van der Waals surface area contributed by atoms with E-state index in [1.807, 2.05) is 24.4 Å². The second-order valence-electron chi connectivity index (χ2n) is 4.79. The summed E-state index contributed by atoms with van der Waals surface area (Å²) < 4.78 is 3.76. The van der Waals surface area contributed by atoms with Crippen LogP contribution >= 0.6 is 11.6 Å². The molecule has 3 aromatic rings. The van der Waals surface area contributed by atoms with Crippen LogP contribution in [0.15, 0.2) is 36.8 Å². The number of halogens is 1. The highest BCUT2D eigenvalue weighted by atomic mass is 35.5. The molecule has 3 aromatic heterocycles. The Kier molecular flexibility index (Phi) is 3.46. The lowest BCUT2D eigenvalue weighted by Gasteiger charge is -2.10. The number of nitrogens with zero attached hydrogens (tertiary/aromatic N) is 4. The van der Waals surface area contributed by atoms with Crippen molar-refractivity contribution in [2.45, 2.75) is 25.8 Å². The molecular formula is C14H16ClN5. The van der Waals surface area contributed by atoms with E-state index in [-0.39, 0.29) is 6.04 Å². The molecule has 5 nitrogen and oxygen atoms in total. The van der Waals surface area contributed by atoms with E-state index >= 15 is 0 Å². The third-order valence-electron chi connectivity index (χ3n) is 3.36. The zero-order chi connectivity index (χ0) is 14.1. The van der Waals surface area contributed by atoms with Crippen LogP contribution in [0.25, 0.3) is 11.5 Å². The Labute approximate surface area is 122 Å². The summed E-state index contributed by atoms with van der Waals surface area (Å²) in [7, 11) is 0. The van der Waals surface area contributed by atoms with Crippen LogP contribution in [0, 0.1) is 0 Å². The molecule has 6 heteroatoms. The molecule has 0 aliphatic heterocycles. The van der Waals surface area contributed by atoms with Gasteiger partial charge in [0.2, 0.25) is 0 Å². The lowest BCUT2D eigenvalue weighted by molar-refractivity contribution is 0.629. The van der Waals surface area contributed by atoms with E-state index in [4.69, 9.17) is 17.3 Å². The van der Waals surface area contributed by atoms with E-state index in [9.17, 15) is 0 Å². The Hall–Kier alpha value is -1.85. The van der Waals surface area contributed by atoms with Crippen LogP contribution in [0.5, 0.6) is 0 Å². The zero-order valence-corrected chi connectivity index (χ0v) is 12.0. The fourth-order valence-corrected chi connectivity index (χ4v) is 2.35. The summed E-state index contributed by atoms with van der Waals surface area (Å²) in [6, 6.07) is 6.01. The first kappa shape index (κ1) is 13.1. The fraction of sp³-hybridized carbons (Fsp3) is 0.286. The quantitative estimate of drug-likeness (QED) is 0.802. The molecule has 1 unspecified atom stereocenters. The number of fused-ring (bicyclic) bond motifs is 1. The van der Waals surface area contributed by atoms with Crippen molar-refractivity contribution in [3.63, 3.8) is 0 Å². The largest absolute Gasteiger partial charge is 0.327 e. The van der Waals surface area contributed by atoms with Crippen LogP contribution in [0.1, 0.15) is 19.0 Å². The highest BCUT2D eigenvalue weighted by Gasteiger charge is 2.16. The van der Waals surface area contributed by atoms with Crippen LogP contribution in [-0.2, 0) is 6.42 Å². The molecule has 0 saturated heterocycles. The molecule has 0 amide bonds. The first-order valence-electron chi connectivity index (χ1n) is 6.61. The Morgan fingerprint density at radius 3 is 2.95 bits per heavy atom. The van der Waals surface area contributed by atoms with Crippen LogP contribution in [0.2, 0.25) is 5.02 Å². The summed E-state index contributed by atoms with van der Waals surface area (Å²) in [6.07, 6.45) is 7.02. The summed E-state index contributed by atoms with van der Waals surface area (Å²) in [5.74, 6) is 0.784. The maximum Gasteiger partial charge on any atom is 0.175 e. The van der Waals surface area contributed by atoms with Crippen molar-refractivity contribution >= 4 is 17.2 Å². The number of hydrogen-bond donors (Lipinski definition) is 1. The lowest BCUT2D eigenvalue weighted by Crippen LogP contribution is -2.23. The van der Waals surface area contributed by atoms with Gasteiger partial charge in [0.1, 0.15) is 5.65 Å². The molecule has 0 fully saturated rings. The molecule has 20 heavy (non-hydrogen) atoms. The second-order valence-corrected chi connectivity index (χ2v) is 5.22. The van der Waals surface area contributed by atoms with Gasteiger partial charge in [0.15, 0.2) is 5.82 Å². The topological polar surface area (TPSA) is 61.1 Å². The van der Waals surface area contributed by atoms with Gasteiger partial charge in [0, 0.05) is 18.7 Å². The molecule has 2 N–H and O–H groups in total. The van der Waals surface area contributed by atoms with Crippen molar-refractivity contribution < 1.29 is 0 Å². The number of imidazole rings is 1. The Morgan fingerprint density at radius 1 is 1.40 bits per heavy atom. The summed E-state index contributed by atoms with van der Waals surface area (Å²) in [6.45, 7) is 2.08. The van der Waals surface area contributed by atoms with E-state index < -0.39 is 0 Å². The number of nitrogens with two attached hydrogens (primary N) is 1. The third kappa shape index (κ3) is 2.30. The highest BCUT2D eigenvalue weighted by Crippen LogP contribution is 2.19. The van der Waals surface area contributed by atoms with Crippen LogP contribution in [0.3, 0.4) is 0 Å². The molecule has 0 aromatic carbocycles. The van der Waals surface area contributed by atoms with E-state index in [0.717, 1.165) is 30.0 Å². The molecule has 0 spiro atoms. The van der Waals surface area contributed by atoms with E-state index in [1.54, 1.807) is 17.1 Å².